The number of hydrogen-bond acceptors (Lipinski definition) is 11. The molecule has 11 nitrogen and oxygen atoms in total. The Hall–Kier alpha value is -1.41. The van der Waals surface area contributed by atoms with Crippen LogP contribution in [0.15, 0.2) is 22.8 Å². The average molecular weight is 637 g/mol. The molecule has 11 heteroatoms. The van der Waals surface area contributed by atoms with E-state index in [4.69, 9.17) is 14.2 Å². The van der Waals surface area contributed by atoms with Gasteiger partial charge in [-0.2, -0.15) is 0 Å². The predicted molar refractivity (Wildman–Crippen MR) is 160 cm³/mol. The smallest absolute Gasteiger partial charge is 0.336 e. The Bertz CT molecular complexity index is 1210. The van der Waals surface area contributed by atoms with Crippen LogP contribution in [0.2, 0.25) is 0 Å². The molecular formula is C34H52O11. The van der Waals surface area contributed by atoms with Crippen molar-refractivity contribution in [3.63, 3.8) is 0 Å². The summed E-state index contributed by atoms with van der Waals surface area (Å²) in [6.45, 7) is 7.18. The maximum Gasteiger partial charge on any atom is 0.336 e. The van der Waals surface area contributed by atoms with Crippen LogP contribution in [0.5, 0.6) is 0 Å². The normalized spacial score (nSPS) is 49.8. The Kier molecular flexibility index (Phi) is 8.88. The summed E-state index contributed by atoms with van der Waals surface area (Å²) in [5.74, 6) is 0.289. The molecular weight excluding hydrogens is 584 g/mol. The van der Waals surface area contributed by atoms with Crippen molar-refractivity contribution in [3.8, 4) is 0 Å². The first kappa shape index (κ1) is 33.5. The van der Waals surface area contributed by atoms with Crippen molar-refractivity contribution in [2.45, 2.75) is 134 Å². The first-order valence-corrected chi connectivity index (χ1v) is 16.7. The minimum absolute atomic E-state index is 0.0667. The fourth-order valence-corrected chi connectivity index (χ4v) is 10.7. The van der Waals surface area contributed by atoms with Crippen molar-refractivity contribution >= 4 is 5.97 Å². The molecule has 0 amide bonds. The predicted octanol–water partition coefficient (Wildman–Crippen LogP) is 1.10. The minimum Gasteiger partial charge on any atom is -0.456 e. The highest BCUT2D eigenvalue weighted by Crippen LogP contribution is 2.68. The number of carbonyl (C=O) groups excluding carboxylic acids is 1. The van der Waals surface area contributed by atoms with E-state index in [-0.39, 0.29) is 29.4 Å². The first-order chi connectivity index (χ1) is 21.2. The molecule has 7 N–H and O–H groups in total. The molecule has 0 aromatic heterocycles. The lowest BCUT2D eigenvalue weighted by Gasteiger charge is -2.60. The molecule has 0 unspecified atom stereocenters. The van der Waals surface area contributed by atoms with Gasteiger partial charge in [0.2, 0.25) is 0 Å². The Morgan fingerprint density at radius 2 is 1.76 bits per heavy atom. The zero-order valence-corrected chi connectivity index (χ0v) is 26.8. The van der Waals surface area contributed by atoms with Crippen molar-refractivity contribution in [1.82, 2.24) is 0 Å². The van der Waals surface area contributed by atoms with Crippen molar-refractivity contribution in [1.29, 1.82) is 0 Å². The van der Waals surface area contributed by atoms with Gasteiger partial charge in [0.1, 0.15) is 36.1 Å². The molecule has 0 radical (unpaired) electrons. The number of rotatable bonds is 6. The molecule has 45 heavy (non-hydrogen) atoms. The van der Waals surface area contributed by atoms with Gasteiger partial charge < -0.3 is 50.0 Å². The first-order valence-electron chi connectivity index (χ1n) is 16.7. The molecule has 2 aliphatic heterocycles. The summed E-state index contributed by atoms with van der Waals surface area (Å²) in [5, 5.41) is 73.8. The number of ether oxygens (including phenoxy) is 3. The SMILES string of the molecule is CC1=C(CO)C(=O)O[C@H]([C@](C)(O)[C@@H]2CC[C@H]3[C@@H]4CC=C5C[C@H](O[C@H]6O[C@@H](CO)[C@H](O)[C@@H](O)[C@@H]6O)C[C@@H](O)[C@@]5(C)[C@@H]4CC[C@]32C)C1. The molecule has 254 valence electrons. The van der Waals surface area contributed by atoms with Crippen LogP contribution >= 0.6 is 0 Å². The summed E-state index contributed by atoms with van der Waals surface area (Å²) >= 11 is 0. The number of aliphatic hydroxyl groups is 7. The quantitative estimate of drug-likeness (QED) is 0.164. The van der Waals surface area contributed by atoms with Crippen LogP contribution in [0, 0.1) is 34.5 Å². The number of carbonyl (C=O) groups is 1. The Morgan fingerprint density at radius 1 is 1.02 bits per heavy atom. The van der Waals surface area contributed by atoms with E-state index in [0.717, 1.165) is 43.3 Å². The molecule has 15 atom stereocenters. The second kappa shape index (κ2) is 11.9. The second-order valence-electron chi connectivity index (χ2n) is 15.5. The van der Waals surface area contributed by atoms with Crippen molar-refractivity contribution in [2.75, 3.05) is 13.2 Å². The number of aliphatic hydroxyl groups excluding tert-OH is 6. The second-order valence-corrected chi connectivity index (χ2v) is 15.5. The summed E-state index contributed by atoms with van der Waals surface area (Å²) in [7, 11) is 0. The maximum absolute atomic E-state index is 12.6. The molecule has 4 aliphatic carbocycles. The van der Waals surface area contributed by atoms with E-state index in [1.807, 2.05) is 13.8 Å². The van der Waals surface area contributed by atoms with E-state index in [2.05, 4.69) is 19.9 Å². The Balaban J connectivity index is 1.18. The van der Waals surface area contributed by atoms with Crippen LogP contribution in [0.1, 0.15) is 79.1 Å². The van der Waals surface area contributed by atoms with Crippen molar-refractivity contribution in [2.24, 2.45) is 34.5 Å². The third-order valence-electron chi connectivity index (χ3n) is 13.4. The number of esters is 1. The fourth-order valence-electron chi connectivity index (χ4n) is 10.7. The molecule has 6 aliphatic rings. The third kappa shape index (κ3) is 5.16. The molecule has 0 aromatic rings. The standard InChI is InChI=1S/C34H52O11/c1-16-11-26(45-30(41)20(16)14-35)34(4,42)24-8-7-21-19-6-5-17-12-18(43-31-29(40)28(39)27(38)23(15-36)44-31)13-25(37)33(17,3)22(19)9-10-32(21,24)2/h5,18-19,21-29,31,35-40,42H,6-15H2,1-4H3/t18-,19-,21-,22+,23-,24+,25+,26-,27-,28+,29-,31-,32+,33+,34+/m0/s1. The molecule has 0 spiro atoms. The monoisotopic (exact) mass is 636 g/mol. The lowest BCUT2D eigenvalue weighted by Crippen LogP contribution is -2.61. The van der Waals surface area contributed by atoms with E-state index >= 15 is 0 Å². The zero-order valence-electron chi connectivity index (χ0n) is 26.8. The average Bonchev–Trinajstić information content (AvgIpc) is 3.36. The minimum atomic E-state index is -1.52. The van der Waals surface area contributed by atoms with E-state index in [1.165, 1.54) is 0 Å². The van der Waals surface area contributed by atoms with Gasteiger partial charge in [-0.1, -0.05) is 31.1 Å². The summed E-state index contributed by atoms with van der Waals surface area (Å²) in [5.41, 5.74) is 0.318. The topological polar surface area (TPSA) is 186 Å². The highest BCUT2D eigenvalue weighted by atomic mass is 16.7. The van der Waals surface area contributed by atoms with Gasteiger partial charge in [-0.25, -0.2) is 4.79 Å². The van der Waals surface area contributed by atoms with Gasteiger partial charge in [-0.3, -0.25) is 0 Å². The van der Waals surface area contributed by atoms with Crippen LogP contribution in [0.25, 0.3) is 0 Å². The summed E-state index contributed by atoms with van der Waals surface area (Å²) < 4.78 is 17.4. The van der Waals surface area contributed by atoms with E-state index in [9.17, 15) is 40.5 Å². The lowest BCUT2D eigenvalue weighted by atomic mass is 9.46. The molecule has 2 heterocycles. The van der Waals surface area contributed by atoms with Crippen LogP contribution in [-0.4, -0.2) is 110 Å². The highest BCUT2D eigenvalue weighted by molar-refractivity contribution is 5.90. The van der Waals surface area contributed by atoms with Gasteiger partial charge in [-0.15, -0.1) is 0 Å². The van der Waals surface area contributed by atoms with Gasteiger partial charge in [-0.05, 0) is 81.5 Å². The fraction of sp³-hybridized carbons (Fsp3) is 0.853. The summed E-state index contributed by atoms with van der Waals surface area (Å²) in [6.07, 6.45) is -0.699. The van der Waals surface area contributed by atoms with Crippen LogP contribution in [-0.2, 0) is 19.0 Å². The summed E-state index contributed by atoms with van der Waals surface area (Å²) in [6, 6.07) is 0. The number of fused-ring (bicyclic) bond motifs is 5. The lowest BCUT2D eigenvalue weighted by molar-refractivity contribution is -0.315. The maximum atomic E-state index is 12.6. The molecule has 1 saturated heterocycles. The largest absolute Gasteiger partial charge is 0.456 e. The van der Waals surface area contributed by atoms with Gasteiger partial charge in [0.25, 0.3) is 0 Å². The van der Waals surface area contributed by atoms with Gasteiger partial charge in [0, 0.05) is 18.3 Å². The van der Waals surface area contributed by atoms with E-state index < -0.39 is 72.6 Å². The van der Waals surface area contributed by atoms with E-state index in [0.29, 0.717) is 31.1 Å². The molecule has 4 fully saturated rings. The van der Waals surface area contributed by atoms with Crippen LogP contribution < -0.4 is 0 Å². The zero-order chi connectivity index (χ0) is 32.6. The van der Waals surface area contributed by atoms with Gasteiger partial charge in [0.15, 0.2) is 6.29 Å². The van der Waals surface area contributed by atoms with Crippen LogP contribution in [0.3, 0.4) is 0 Å². The highest BCUT2D eigenvalue weighted by Gasteiger charge is 2.64. The van der Waals surface area contributed by atoms with Crippen LogP contribution in [0.4, 0.5) is 0 Å². The number of hydrogen-bond donors (Lipinski definition) is 7. The number of cyclic esters (lactones) is 1. The molecule has 6 rings (SSSR count). The molecule has 3 saturated carbocycles. The molecule has 0 aromatic carbocycles. The van der Waals surface area contributed by atoms with Gasteiger partial charge in [0.05, 0.1) is 31.0 Å². The van der Waals surface area contributed by atoms with E-state index in [1.54, 1.807) is 0 Å². The van der Waals surface area contributed by atoms with Gasteiger partial charge >= 0.3 is 5.97 Å². The Labute approximate surface area is 264 Å². The molecule has 0 bridgehead atoms. The number of allylic oxidation sites excluding steroid dienone is 1. The summed E-state index contributed by atoms with van der Waals surface area (Å²) in [4.78, 5) is 12.6. The Morgan fingerprint density at radius 3 is 2.42 bits per heavy atom. The van der Waals surface area contributed by atoms with Crippen molar-refractivity contribution in [3.05, 3.63) is 22.8 Å². The van der Waals surface area contributed by atoms with Crippen molar-refractivity contribution < 1.29 is 54.8 Å². The third-order valence-corrected chi connectivity index (χ3v) is 13.4.